The fourth-order valence-electron chi connectivity index (χ4n) is 1.33. The summed E-state index contributed by atoms with van der Waals surface area (Å²) in [6.45, 7) is 2.02. The monoisotopic (exact) mass is 187 g/mol. The third-order valence-electron chi connectivity index (χ3n) is 2.06. The number of allylic oxidation sites excluding steroid dienone is 4. The lowest BCUT2D eigenvalue weighted by Gasteiger charge is -2.05. The van der Waals surface area contributed by atoms with Gasteiger partial charge in [0.1, 0.15) is 0 Å². The first-order valence-corrected chi connectivity index (χ1v) is 4.92. The topological polar surface area (TPSA) is 12.0 Å². The SMILES string of the molecule is C/C=C\C=C/Cc1ccccc1NC. The number of hydrogen-bond donors (Lipinski definition) is 1. The smallest absolute Gasteiger partial charge is 0.0373 e. The Labute approximate surface area is 86.2 Å². The Balaban J connectivity index is 2.66. The summed E-state index contributed by atoms with van der Waals surface area (Å²) in [6, 6.07) is 8.36. The Morgan fingerprint density at radius 2 is 2.00 bits per heavy atom. The number of hydrogen-bond acceptors (Lipinski definition) is 1. The van der Waals surface area contributed by atoms with Crippen molar-refractivity contribution in [1.82, 2.24) is 0 Å². The molecule has 1 aromatic rings. The third-order valence-corrected chi connectivity index (χ3v) is 2.06. The molecule has 1 rings (SSSR count). The molecule has 1 nitrogen and oxygen atoms in total. The van der Waals surface area contributed by atoms with E-state index >= 15 is 0 Å². The molecule has 0 atom stereocenters. The Morgan fingerprint density at radius 3 is 2.71 bits per heavy atom. The maximum absolute atomic E-state index is 3.18. The van der Waals surface area contributed by atoms with E-state index in [1.54, 1.807) is 0 Å². The lowest BCUT2D eigenvalue weighted by atomic mass is 10.1. The van der Waals surface area contributed by atoms with Gasteiger partial charge < -0.3 is 5.32 Å². The lowest BCUT2D eigenvalue weighted by Crippen LogP contribution is -1.93. The fraction of sp³-hybridized carbons (Fsp3) is 0.231. The molecule has 0 aliphatic rings. The number of para-hydroxylation sites is 1. The molecule has 1 aromatic carbocycles. The summed E-state index contributed by atoms with van der Waals surface area (Å²) < 4.78 is 0. The van der Waals surface area contributed by atoms with Gasteiger partial charge in [-0.3, -0.25) is 0 Å². The van der Waals surface area contributed by atoms with Gasteiger partial charge in [0.15, 0.2) is 0 Å². The van der Waals surface area contributed by atoms with Gasteiger partial charge in [0.05, 0.1) is 0 Å². The van der Waals surface area contributed by atoms with E-state index in [-0.39, 0.29) is 0 Å². The summed E-state index contributed by atoms with van der Waals surface area (Å²) in [6.07, 6.45) is 9.28. The van der Waals surface area contributed by atoms with Gasteiger partial charge in [-0.05, 0) is 25.0 Å². The Hall–Kier alpha value is -1.50. The molecule has 0 amide bonds. The normalized spacial score (nSPS) is 11.3. The first kappa shape index (κ1) is 10.6. The minimum absolute atomic E-state index is 0.974. The van der Waals surface area contributed by atoms with Crippen molar-refractivity contribution < 1.29 is 0 Å². The average Bonchev–Trinajstić information content (AvgIpc) is 2.25. The Bertz CT molecular complexity index is 324. The average molecular weight is 187 g/mol. The highest BCUT2D eigenvalue weighted by Gasteiger charge is 1.95. The molecule has 0 saturated heterocycles. The summed E-state index contributed by atoms with van der Waals surface area (Å²) in [5.41, 5.74) is 2.54. The van der Waals surface area contributed by atoms with Crippen LogP contribution >= 0.6 is 0 Å². The summed E-state index contributed by atoms with van der Waals surface area (Å²) in [5.74, 6) is 0. The molecule has 14 heavy (non-hydrogen) atoms. The van der Waals surface area contributed by atoms with Crippen LogP contribution in [0.25, 0.3) is 0 Å². The molecule has 1 N–H and O–H groups in total. The number of nitrogens with one attached hydrogen (secondary N) is 1. The molecule has 74 valence electrons. The van der Waals surface area contributed by atoms with Crippen molar-refractivity contribution in [3.8, 4) is 0 Å². The zero-order valence-corrected chi connectivity index (χ0v) is 8.83. The molecule has 0 bridgehead atoms. The fourth-order valence-corrected chi connectivity index (χ4v) is 1.33. The van der Waals surface area contributed by atoms with Crippen molar-refractivity contribution in [2.75, 3.05) is 12.4 Å². The van der Waals surface area contributed by atoms with Crippen molar-refractivity contribution in [1.29, 1.82) is 0 Å². The van der Waals surface area contributed by atoms with Crippen LogP contribution in [0.15, 0.2) is 48.6 Å². The van der Waals surface area contributed by atoms with Crippen molar-refractivity contribution in [3.05, 3.63) is 54.1 Å². The molecular weight excluding hydrogens is 170 g/mol. The Kier molecular flexibility index (Phi) is 4.56. The Morgan fingerprint density at radius 1 is 1.21 bits per heavy atom. The van der Waals surface area contributed by atoms with Crippen LogP contribution in [-0.4, -0.2) is 7.05 Å². The quantitative estimate of drug-likeness (QED) is 0.712. The van der Waals surface area contributed by atoms with Gasteiger partial charge in [0.2, 0.25) is 0 Å². The lowest BCUT2D eigenvalue weighted by molar-refractivity contribution is 1.26. The molecule has 0 radical (unpaired) electrons. The summed E-state index contributed by atoms with van der Waals surface area (Å²) in [5, 5.41) is 3.18. The molecule has 0 unspecified atom stereocenters. The maximum Gasteiger partial charge on any atom is 0.0373 e. The number of rotatable bonds is 4. The van der Waals surface area contributed by atoms with E-state index < -0.39 is 0 Å². The van der Waals surface area contributed by atoms with E-state index in [2.05, 4.69) is 35.7 Å². The second-order valence-corrected chi connectivity index (χ2v) is 3.07. The zero-order chi connectivity index (χ0) is 10.2. The van der Waals surface area contributed by atoms with Crippen LogP contribution in [0.4, 0.5) is 5.69 Å². The molecule has 0 saturated carbocycles. The van der Waals surface area contributed by atoms with Gasteiger partial charge in [0, 0.05) is 12.7 Å². The van der Waals surface area contributed by atoms with Crippen molar-refractivity contribution in [2.24, 2.45) is 0 Å². The molecule has 0 aromatic heterocycles. The predicted molar refractivity (Wildman–Crippen MR) is 63.6 cm³/mol. The number of benzene rings is 1. The van der Waals surface area contributed by atoms with Crippen LogP contribution in [0.2, 0.25) is 0 Å². The second-order valence-electron chi connectivity index (χ2n) is 3.07. The minimum Gasteiger partial charge on any atom is -0.388 e. The molecule has 0 spiro atoms. The van der Waals surface area contributed by atoms with Gasteiger partial charge in [0.25, 0.3) is 0 Å². The van der Waals surface area contributed by atoms with Crippen molar-refractivity contribution in [2.45, 2.75) is 13.3 Å². The molecule has 0 aliphatic carbocycles. The van der Waals surface area contributed by atoms with Crippen LogP contribution in [0.5, 0.6) is 0 Å². The van der Waals surface area contributed by atoms with Crippen LogP contribution in [0.1, 0.15) is 12.5 Å². The van der Waals surface area contributed by atoms with Gasteiger partial charge in [-0.1, -0.05) is 42.5 Å². The zero-order valence-electron chi connectivity index (χ0n) is 8.83. The van der Waals surface area contributed by atoms with Crippen LogP contribution in [0, 0.1) is 0 Å². The summed E-state index contributed by atoms with van der Waals surface area (Å²) >= 11 is 0. The molecule has 0 fully saturated rings. The molecule has 1 heteroatoms. The minimum atomic E-state index is 0.974. The summed E-state index contributed by atoms with van der Waals surface area (Å²) in [4.78, 5) is 0. The van der Waals surface area contributed by atoms with Crippen LogP contribution in [-0.2, 0) is 6.42 Å². The molecule has 0 aliphatic heterocycles. The van der Waals surface area contributed by atoms with E-state index in [1.807, 2.05) is 32.2 Å². The summed E-state index contributed by atoms with van der Waals surface area (Å²) in [7, 11) is 1.95. The highest BCUT2D eigenvalue weighted by atomic mass is 14.8. The van der Waals surface area contributed by atoms with Crippen LogP contribution < -0.4 is 5.32 Å². The molecular formula is C13H17N. The second kappa shape index (κ2) is 6.03. The van der Waals surface area contributed by atoms with E-state index in [4.69, 9.17) is 0 Å². The first-order valence-electron chi connectivity index (χ1n) is 4.92. The van der Waals surface area contributed by atoms with E-state index in [0.717, 1.165) is 6.42 Å². The maximum atomic E-state index is 3.18. The highest BCUT2D eigenvalue weighted by molar-refractivity contribution is 5.51. The van der Waals surface area contributed by atoms with E-state index in [9.17, 15) is 0 Å². The number of anilines is 1. The van der Waals surface area contributed by atoms with Gasteiger partial charge in [-0.2, -0.15) is 0 Å². The van der Waals surface area contributed by atoms with Gasteiger partial charge in [-0.15, -0.1) is 0 Å². The predicted octanol–water partition coefficient (Wildman–Crippen LogP) is 3.40. The largest absolute Gasteiger partial charge is 0.388 e. The van der Waals surface area contributed by atoms with Crippen molar-refractivity contribution in [3.63, 3.8) is 0 Å². The highest BCUT2D eigenvalue weighted by Crippen LogP contribution is 2.14. The van der Waals surface area contributed by atoms with Gasteiger partial charge >= 0.3 is 0 Å². The van der Waals surface area contributed by atoms with Crippen molar-refractivity contribution >= 4 is 5.69 Å². The van der Waals surface area contributed by atoms with Gasteiger partial charge in [-0.25, -0.2) is 0 Å². The first-order chi connectivity index (χ1) is 6.88. The van der Waals surface area contributed by atoms with Crippen LogP contribution in [0.3, 0.4) is 0 Å². The van der Waals surface area contributed by atoms with E-state index in [1.165, 1.54) is 11.3 Å². The third kappa shape index (κ3) is 3.09. The standard InChI is InChI=1S/C13H17N/c1-3-4-5-6-9-12-10-7-8-11-13(12)14-2/h3-8,10-11,14H,9H2,1-2H3/b4-3-,6-5-. The molecule has 0 heterocycles. The van der Waals surface area contributed by atoms with E-state index in [0.29, 0.717) is 0 Å².